The lowest BCUT2D eigenvalue weighted by atomic mass is 9.55. The summed E-state index contributed by atoms with van der Waals surface area (Å²) in [6.45, 7) is -0.775. The van der Waals surface area contributed by atoms with Crippen LogP contribution in [0.1, 0.15) is 54.8 Å². The number of ketones is 1. The molecule has 3 aliphatic carbocycles. The quantitative estimate of drug-likeness (QED) is 0.140. The second-order valence-corrected chi connectivity index (χ2v) is 10.8. The van der Waals surface area contributed by atoms with E-state index in [2.05, 4.69) is 0 Å². The number of amides is 3. The van der Waals surface area contributed by atoms with Gasteiger partial charge in [0.1, 0.15) is 17.9 Å². The summed E-state index contributed by atoms with van der Waals surface area (Å²) in [7, 11) is 0. The monoisotopic (exact) mass is 575 g/mol. The van der Waals surface area contributed by atoms with Crippen LogP contribution < -0.4 is 0 Å². The number of para-hydroxylation sites is 1. The fourth-order valence-corrected chi connectivity index (χ4v) is 6.95. The van der Waals surface area contributed by atoms with Gasteiger partial charge < -0.3 is 0 Å². The van der Waals surface area contributed by atoms with E-state index >= 15 is 0 Å². The van der Waals surface area contributed by atoms with Gasteiger partial charge in [0.15, 0.2) is 5.78 Å². The van der Waals surface area contributed by atoms with Crippen LogP contribution in [0.3, 0.4) is 0 Å². The number of hydrogen-bond acceptors (Lipinski definition) is 6. The van der Waals surface area contributed by atoms with Gasteiger partial charge in [-0.1, -0.05) is 60.7 Å². The number of hydrazine groups is 1. The third-order valence-electron chi connectivity index (χ3n) is 8.69. The summed E-state index contributed by atoms with van der Waals surface area (Å²) in [4.78, 5) is 67.2. The Morgan fingerprint density at radius 3 is 1.70 bits per heavy atom. The number of hydrogen-bond donors (Lipinski definition) is 0. The second-order valence-electron chi connectivity index (χ2n) is 10.8. The van der Waals surface area contributed by atoms with Crippen LogP contribution in [0.5, 0.6) is 0 Å². The van der Waals surface area contributed by atoms with E-state index in [1.807, 2.05) is 48.5 Å². The maximum atomic E-state index is 14.3. The van der Waals surface area contributed by atoms with Gasteiger partial charge in [-0.15, -0.1) is 0 Å². The largest absolute Gasteiger partial charge is 0.292 e. The van der Waals surface area contributed by atoms with Crippen molar-refractivity contribution in [2.45, 2.75) is 11.8 Å². The first-order valence-corrected chi connectivity index (χ1v) is 13.7. The molecule has 1 fully saturated rings. The number of nitro benzene ring substituents is 1. The number of halogens is 1. The van der Waals surface area contributed by atoms with Crippen molar-refractivity contribution in [3.8, 4) is 0 Å². The summed E-state index contributed by atoms with van der Waals surface area (Å²) in [5, 5.41) is 13.2. The van der Waals surface area contributed by atoms with Gasteiger partial charge in [0.05, 0.1) is 16.8 Å². The van der Waals surface area contributed by atoms with E-state index in [4.69, 9.17) is 0 Å². The summed E-state index contributed by atoms with van der Waals surface area (Å²) < 4.78 is 13.6. The number of imide groups is 1. The van der Waals surface area contributed by atoms with Crippen molar-refractivity contribution in [2.75, 3.05) is 6.54 Å². The minimum atomic E-state index is -1.05. The van der Waals surface area contributed by atoms with Crippen LogP contribution in [-0.4, -0.2) is 45.0 Å². The van der Waals surface area contributed by atoms with Gasteiger partial charge in [-0.05, 0) is 52.6 Å². The predicted molar refractivity (Wildman–Crippen MR) is 150 cm³/mol. The zero-order valence-electron chi connectivity index (χ0n) is 22.4. The zero-order chi connectivity index (χ0) is 30.0. The molecule has 1 saturated heterocycles. The molecule has 4 aromatic rings. The summed E-state index contributed by atoms with van der Waals surface area (Å²) in [5.41, 5.74) is 2.82. The molecule has 0 unspecified atom stereocenters. The lowest BCUT2D eigenvalue weighted by molar-refractivity contribution is -0.385. The van der Waals surface area contributed by atoms with Gasteiger partial charge >= 0.3 is 0 Å². The maximum absolute atomic E-state index is 14.3. The van der Waals surface area contributed by atoms with E-state index in [1.165, 1.54) is 30.3 Å². The van der Waals surface area contributed by atoms with Crippen molar-refractivity contribution in [3.05, 3.63) is 146 Å². The van der Waals surface area contributed by atoms with Crippen molar-refractivity contribution in [3.63, 3.8) is 0 Å². The highest BCUT2D eigenvalue weighted by Crippen LogP contribution is 2.61. The van der Waals surface area contributed by atoms with Crippen LogP contribution in [0.15, 0.2) is 97.1 Å². The Hall–Kier alpha value is -5.51. The molecule has 212 valence electrons. The Balaban J connectivity index is 1.35. The molecule has 2 atom stereocenters. The number of nitrogens with zero attached hydrogens (tertiary/aromatic N) is 3. The van der Waals surface area contributed by atoms with Gasteiger partial charge in [0.25, 0.3) is 23.4 Å². The predicted octanol–water partition coefficient (Wildman–Crippen LogP) is 4.87. The second kappa shape index (κ2) is 9.80. The van der Waals surface area contributed by atoms with Crippen molar-refractivity contribution in [1.29, 1.82) is 0 Å². The lowest BCUT2D eigenvalue weighted by Gasteiger charge is -2.45. The molecular formula is C33H22FN3O6. The fraction of sp³-hybridized carbons (Fsp3) is 0.152. The summed E-state index contributed by atoms with van der Waals surface area (Å²) in [5.74, 6) is -6.23. The summed E-state index contributed by atoms with van der Waals surface area (Å²) in [6, 6.07) is 25.0. The molecule has 8 rings (SSSR count). The number of Topliss-reactive ketones (excluding diaryl/α,β-unsaturated/α-hetero) is 1. The standard InChI is InChI=1S/C33H22FN3O6/c34-19-15-13-18(14-16-19)26(38)17-35(31(39)24-11-5-6-12-25(24)37(42)43)36-32(40)29-27-20-7-1-2-8-21(20)28(30(29)33(36)41)23-10-4-3-9-22(23)27/h1-16,27-30H,17H2/t27?,28?,29-,30-/m0/s1. The minimum absolute atomic E-state index is 0.0400. The van der Waals surface area contributed by atoms with Crippen molar-refractivity contribution < 1.29 is 28.5 Å². The first-order valence-electron chi connectivity index (χ1n) is 13.7. The third kappa shape index (κ3) is 3.90. The molecule has 9 nitrogen and oxygen atoms in total. The molecular weight excluding hydrogens is 553 g/mol. The average Bonchev–Trinajstić information content (AvgIpc) is 3.29. The first-order chi connectivity index (χ1) is 20.8. The number of carbonyl (C=O) groups excluding carboxylic acids is 4. The summed E-state index contributed by atoms with van der Waals surface area (Å²) >= 11 is 0. The molecule has 0 radical (unpaired) electrons. The first kappa shape index (κ1) is 26.4. The molecule has 1 heterocycles. The highest BCUT2D eigenvalue weighted by atomic mass is 19.1. The molecule has 0 aromatic heterocycles. The highest BCUT2D eigenvalue weighted by molar-refractivity contribution is 6.11. The van der Waals surface area contributed by atoms with Crippen LogP contribution in [0.25, 0.3) is 0 Å². The number of nitro groups is 1. The van der Waals surface area contributed by atoms with E-state index in [1.54, 1.807) is 0 Å². The van der Waals surface area contributed by atoms with Crippen LogP contribution in [0.2, 0.25) is 0 Å². The Kier molecular flexibility index (Phi) is 6.01. The minimum Gasteiger partial charge on any atom is -0.292 e. The van der Waals surface area contributed by atoms with E-state index in [0.29, 0.717) is 10.0 Å². The molecule has 10 heteroatoms. The Bertz CT molecular complexity index is 1760. The van der Waals surface area contributed by atoms with E-state index in [0.717, 1.165) is 40.5 Å². The normalized spacial score (nSPS) is 21.2. The third-order valence-corrected chi connectivity index (χ3v) is 8.69. The molecule has 1 aliphatic heterocycles. The van der Waals surface area contributed by atoms with Crippen LogP contribution in [-0.2, 0) is 9.59 Å². The molecule has 2 bridgehead atoms. The number of carbonyl (C=O) groups is 4. The maximum Gasteiger partial charge on any atom is 0.282 e. The van der Waals surface area contributed by atoms with E-state index < -0.39 is 70.1 Å². The summed E-state index contributed by atoms with van der Waals surface area (Å²) in [6.07, 6.45) is 0. The van der Waals surface area contributed by atoms with Crippen molar-refractivity contribution in [1.82, 2.24) is 10.0 Å². The molecule has 4 aromatic carbocycles. The molecule has 3 amide bonds. The van der Waals surface area contributed by atoms with Gasteiger partial charge in [-0.3, -0.25) is 29.3 Å². The zero-order valence-corrected chi connectivity index (χ0v) is 22.4. The van der Waals surface area contributed by atoms with Crippen molar-refractivity contribution in [2.24, 2.45) is 11.8 Å². The smallest absolute Gasteiger partial charge is 0.282 e. The number of rotatable bonds is 6. The van der Waals surface area contributed by atoms with Gasteiger partial charge in [0, 0.05) is 23.5 Å². The van der Waals surface area contributed by atoms with E-state index in [9.17, 15) is 33.7 Å². The van der Waals surface area contributed by atoms with Crippen LogP contribution >= 0.6 is 0 Å². The number of benzene rings is 4. The van der Waals surface area contributed by atoms with Gasteiger partial charge in [-0.2, -0.15) is 5.01 Å². The topological polar surface area (TPSA) is 118 Å². The van der Waals surface area contributed by atoms with Crippen molar-refractivity contribution >= 4 is 29.2 Å². The Morgan fingerprint density at radius 1 is 0.744 bits per heavy atom. The average molecular weight is 576 g/mol. The SMILES string of the molecule is O=C(CN(C(=O)c1ccccc1[N+](=O)[O-])N1C(=O)[C@H]2C3c4ccccc4C(c4ccccc43)[C@@H]2C1=O)c1ccc(F)cc1. The lowest BCUT2D eigenvalue weighted by Crippen LogP contribution is -2.52. The molecule has 0 saturated carbocycles. The Morgan fingerprint density at radius 2 is 1.21 bits per heavy atom. The van der Waals surface area contributed by atoms with Gasteiger partial charge in [-0.25, -0.2) is 9.40 Å². The van der Waals surface area contributed by atoms with Crippen LogP contribution in [0, 0.1) is 27.8 Å². The van der Waals surface area contributed by atoms with Crippen LogP contribution in [0.4, 0.5) is 10.1 Å². The van der Waals surface area contributed by atoms with Gasteiger partial charge in [0.2, 0.25) is 0 Å². The fourth-order valence-electron chi connectivity index (χ4n) is 6.95. The van der Waals surface area contributed by atoms with E-state index in [-0.39, 0.29) is 11.1 Å². The molecule has 43 heavy (non-hydrogen) atoms. The molecule has 0 spiro atoms. The Labute approximate surface area is 244 Å². The molecule has 4 aliphatic rings. The molecule has 0 N–H and O–H groups in total. The highest BCUT2D eigenvalue weighted by Gasteiger charge is 2.63.